The number of benzene rings is 1. The molecule has 1 aliphatic carbocycles. The first-order chi connectivity index (χ1) is 13.2. The number of hydrogen-bond acceptors (Lipinski definition) is 6. The third kappa shape index (κ3) is 2.84. The van der Waals surface area contributed by atoms with Crippen LogP contribution < -0.4 is 10.5 Å². The predicted molar refractivity (Wildman–Crippen MR) is 107 cm³/mol. The Bertz CT molecular complexity index is 1040. The minimum Gasteiger partial charge on any atom is -0.337 e. The smallest absolute Gasteiger partial charge is 0.261 e. The quantitative estimate of drug-likeness (QED) is 0.686. The van der Waals surface area contributed by atoms with E-state index in [-0.39, 0.29) is 17.6 Å². The fraction of sp³-hybridized carbons (Fsp3) is 0.500. The summed E-state index contributed by atoms with van der Waals surface area (Å²) in [5, 5.41) is 1.67. The van der Waals surface area contributed by atoms with E-state index in [9.17, 15) is 4.79 Å². The molecular formula is C20H23N5OS. The summed E-state index contributed by atoms with van der Waals surface area (Å²) in [4.78, 5) is 25.3. The van der Waals surface area contributed by atoms with Gasteiger partial charge in [-0.1, -0.05) is 25.0 Å². The molecular weight excluding hydrogens is 358 g/mol. The zero-order chi connectivity index (χ0) is 18.4. The van der Waals surface area contributed by atoms with Crippen LogP contribution in [0.1, 0.15) is 62.3 Å². The molecule has 3 aromatic rings. The highest BCUT2D eigenvalue weighted by Crippen LogP contribution is 2.38. The number of rotatable bonds is 3. The average molecular weight is 382 g/mol. The highest BCUT2D eigenvalue weighted by Gasteiger charge is 2.34. The van der Waals surface area contributed by atoms with Crippen molar-refractivity contribution in [3.05, 3.63) is 46.3 Å². The summed E-state index contributed by atoms with van der Waals surface area (Å²) in [6.07, 6.45) is 6.59. The molecule has 2 aromatic heterocycles. The van der Waals surface area contributed by atoms with Crippen LogP contribution in [0.15, 0.2) is 29.1 Å². The summed E-state index contributed by atoms with van der Waals surface area (Å²) in [6.45, 7) is 2.86. The van der Waals surface area contributed by atoms with Crippen LogP contribution in [-0.4, -0.2) is 25.5 Å². The SMILES string of the molecule is Cc1nsc(N2CCCC2c2nc3ccccc3c(=O)n2C2CCCC2)n1. The number of hydrogen-bond donors (Lipinski definition) is 0. The predicted octanol–water partition coefficient (Wildman–Crippen LogP) is 4.01. The molecule has 0 amide bonds. The van der Waals surface area contributed by atoms with E-state index in [1.54, 1.807) is 0 Å². The van der Waals surface area contributed by atoms with Gasteiger partial charge in [0.1, 0.15) is 11.6 Å². The minimum absolute atomic E-state index is 0.0928. The van der Waals surface area contributed by atoms with Crippen LogP contribution in [0.4, 0.5) is 5.13 Å². The Morgan fingerprint density at radius 1 is 1.07 bits per heavy atom. The average Bonchev–Trinajstić information content (AvgIpc) is 3.43. The molecule has 7 heteroatoms. The summed E-state index contributed by atoms with van der Waals surface area (Å²) >= 11 is 1.44. The number of para-hydroxylation sites is 1. The largest absolute Gasteiger partial charge is 0.337 e. The maximum atomic E-state index is 13.4. The molecule has 1 saturated heterocycles. The Hall–Kier alpha value is -2.28. The Kier molecular flexibility index (Phi) is 4.19. The number of anilines is 1. The van der Waals surface area contributed by atoms with Crippen LogP contribution in [0.5, 0.6) is 0 Å². The van der Waals surface area contributed by atoms with Crippen LogP contribution >= 0.6 is 11.5 Å². The van der Waals surface area contributed by atoms with Gasteiger partial charge < -0.3 is 4.90 Å². The van der Waals surface area contributed by atoms with Crippen molar-refractivity contribution in [1.29, 1.82) is 0 Å². The van der Waals surface area contributed by atoms with E-state index in [1.165, 1.54) is 24.4 Å². The van der Waals surface area contributed by atoms with Gasteiger partial charge in [0.2, 0.25) is 5.13 Å². The Morgan fingerprint density at radius 2 is 1.89 bits per heavy atom. The van der Waals surface area contributed by atoms with Crippen molar-refractivity contribution >= 4 is 27.6 Å². The second-order valence-corrected chi connectivity index (χ2v) is 8.31. The lowest BCUT2D eigenvalue weighted by atomic mass is 10.1. The van der Waals surface area contributed by atoms with E-state index in [0.29, 0.717) is 0 Å². The number of fused-ring (bicyclic) bond motifs is 1. The van der Waals surface area contributed by atoms with Crippen molar-refractivity contribution in [3.8, 4) is 0 Å². The van der Waals surface area contributed by atoms with E-state index < -0.39 is 0 Å². The third-order valence-electron chi connectivity index (χ3n) is 5.84. The molecule has 5 rings (SSSR count). The number of nitrogens with zero attached hydrogens (tertiary/aromatic N) is 5. The summed E-state index contributed by atoms with van der Waals surface area (Å²) in [6, 6.07) is 8.10. The number of aromatic nitrogens is 4. The van der Waals surface area contributed by atoms with Crippen molar-refractivity contribution < 1.29 is 0 Å². The molecule has 0 bridgehead atoms. The molecule has 1 saturated carbocycles. The van der Waals surface area contributed by atoms with Gasteiger partial charge in [-0.25, -0.2) is 9.97 Å². The molecule has 3 heterocycles. The molecule has 0 radical (unpaired) electrons. The van der Waals surface area contributed by atoms with Gasteiger partial charge in [0.15, 0.2) is 0 Å². The highest BCUT2D eigenvalue weighted by molar-refractivity contribution is 7.09. The second kappa shape index (κ2) is 6.71. The molecule has 1 aromatic carbocycles. The lowest BCUT2D eigenvalue weighted by Gasteiger charge is -2.28. The monoisotopic (exact) mass is 381 g/mol. The van der Waals surface area contributed by atoms with Gasteiger partial charge in [-0.2, -0.15) is 4.37 Å². The van der Waals surface area contributed by atoms with Crippen molar-refractivity contribution in [2.75, 3.05) is 11.4 Å². The zero-order valence-electron chi connectivity index (χ0n) is 15.5. The van der Waals surface area contributed by atoms with Crippen LogP contribution in [0.25, 0.3) is 10.9 Å². The standard InChI is InChI=1S/C20H23N5OS/c1-13-21-20(27-23-13)24-12-6-11-17(24)18-22-16-10-5-4-9-15(16)19(26)25(18)14-7-2-3-8-14/h4-5,9-10,14,17H,2-3,6-8,11-12H2,1H3. The molecule has 0 N–H and O–H groups in total. The van der Waals surface area contributed by atoms with Gasteiger partial charge in [-0.3, -0.25) is 9.36 Å². The highest BCUT2D eigenvalue weighted by atomic mass is 32.1. The van der Waals surface area contributed by atoms with E-state index in [1.807, 2.05) is 35.8 Å². The fourth-order valence-corrected chi connectivity index (χ4v) is 5.33. The lowest BCUT2D eigenvalue weighted by molar-refractivity contribution is 0.454. The lowest BCUT2D eigenvalue weighted by Crippen LogP contribution is -2.34. The third-order valence-corrected chi connectivity index (χ3v) is 6.68. The molecule has 1 aliphatic heterocycles. The summed E-state index contributed by atoms with van der Waals surface area (Å²) in [7, 11) is 0. The molecule has 2 aliphatic rings. The molecule has 1 unspecified atom stereocenters. The van der Waals surface area contributed by atoms with Crippen molar-refractivity contribution in [2.45, 2.75) is 57.5 Å². The van der Waals surface area contributed by atoms with E-state index >= 15 is 0 Å². The van der Waals surface area contributed by atoms with Gasteiger partial charge >= 0.3 is 0 Å². The van der Waals surface area contributed by atoms with Crippen LogP contribution in [0, 0.1) is 6.92 Å². The molecule has 27 heavy (non-hydrogen) atoms. The van der Waals surface area contributed by atoms with E-state index in [0.717, 1.165) is 59.9 Å². The van der Waals surface area contributed by atoms with Crippen LogP contribution in [0.3, 0.4) is 0 Å². The summed E-state index contributed by atoms with van der Waals surface area (Å²) < 4.78 is 6.38. The maximum absolute atomic E-state index is 13.4. The van der Waals surface area contributed by atoms with Crippen LogP contribution in [0.2, 0.25) is 0 Å². The van der Waals surface area contributed by atoms with Gasteiger partial charge in [-0.15, -0.1) is 0 Å². The molecule has 2 fully saturated rings. The Labute approximate surface area is 162 Å². The van der Waals surface area contributed by atoms with Gasteiger partial charge in [0.05, 0.1) is 16.9 Å². The van der Waals surface area contributed by atoms with Gasteiger partial charge in [0, 0.05) is 24.1 Å². The molecule has 140 valence electrons. The molecule has 6 nitrogen and oxygen atoms in total. The summed E-state index contributed by atoms with van der Waals surface area (Å²) in [5.74, 6) is 1.72. The molecule has 0 spiro atoms. The van der Waals surface area contributed by atoms with Crippen molar-refractivity contribution in [1.82, 2.24) is 18.9 Å². The van der Waals surface area contributed by atoms with Gasteiger partial charge in [-0.05, 0) is 44.7 Å². The van der Waals surface area contributed by atoms with Crippen molar-refractivity contribution in [3.63, 3.8) is 0 Å². The first-order valence-electron chi connectivity index (χ1n) is 9.80. The molecule has 1 atom stereocenters. The first kappa shape index (κ1) is 16.9. The fourth-order valence-electron chi connectivity index (χ4n) is 4.58. The second-order valence-electron chi connectivity index (χ2n) is 7.58. The maximum Gasteiger partial charge on any atom is 0.261 e. The van der Waals surface area contributed by atoms with Crippen LogP contribution in [-0.2, 0) is 0 Å². The van der Waals surface area contributed by atoms with E-state index in [4.69, 9.17) is 4.98 Å². The normalized spacial score (nSPS) is 20.8. The Morgan fingerprint density at radius 3 is 2.67 bits per heavy atom. The summed E-state index contributed by atoms with van der Waals surface area (Å²) in [5.41, 5.74) is 0.912. The Balaban J connectivity index is 1.69. The first-order valence-corrected chi connectivity index (χ1v) is 10.6. The topological polar surface area (TPSA) is 63.9 Å². The van der Waals surface area contributed by atoms with Gasteiger partial charge in [0.25, 0.3) is 5.56 Å². The number of aryl methyl sites for hydroxylation is 1. The zero-order valence-corrected chi connectivity index (χ0v) is 16.3. The minimum atomic E-state index is 0.0928. The van der Waals surface area contributed by atoms with Crippen molar-refractivity contribution in [2.24, 2.45) is 0 Å². The van der Waals surface area contributed by atoms with E-state index in [2.05, 4.69) is 14.3 Å².